The zero-order valence-electron chi connectivity index (χ0n) is 6.64. The van der Waals surface area contributed by atoms with Gasteiger partial charge in [0.05, 0.1) is 6.42 Å². The van der Waals surface area contributed by atoms with Crippen molar-refractivity contribution < 1.29 is 40.7 Å². The first-order valence-electron chi connectivity index (χ1n) is 2.81. The Balaban J connectivity index is 0. The average molecular weight is 262 g/mol. The van der Waals surface area contributed by atoms with Crippen molar-refractivity contribution in [2.24, 2.45) is 0 Å². The SMILES string of the molecule is CC(=O)CC(C)=O.[O]=[Mo](=[O])([OH])[OH]. The van der Waals surface area contributed by atoms with Crippen LogP contribution in [0, 0.1) is 0 Å². The molecular weight excluding hydrogens is 252 g/mol. The van der Waals surface area contributed by atoms with E-state index in [1.807, 2.05) is 0 Å². The van der Waals surface area contributed by atoms with E-state index in [4.69, 9.17) is 14.3 Å². The fourth-order valence-corrected chi connectivity index (χ4v) is 0.351. The molecule has 0 bridgehead atoms. The Morgan fingerprint density at radius 3 is 1.25 bits per heavy atom. The summed E-state index contributed by atoms with van der Waals surface area (Å²) in [6.07, 6.45) is 0.0833. The van der Waals surface area contributed by atoms with Crippen molar-refractivity contribution in [1.82, 2.24) is 0 Å². The van der Waals surface area contributed by atoms with Crippen molar-refractivity contribution in [2.45, 2.75) is 20.3 Å². The van der Waals surface area contributed by atoms with Gasteiger partial charge in [-0.05, 0) is 13.8 Å². The van der Waals surface area contributed by atoms with Crippen LogP contribution in [0.2, 0.25) is 0 Å². The van der Waals surface area contributed by atoms with Gasteiger partial charge in [0, 0.05) is 0 Å². The topological polar surface area (TPSA) is 109 Å². The van der Waals surface area contributed by atoms with Gasteiger partial charge in [-0.15, -0.1) is 0 Å². The first-order chi connectivity index (χ1) is 5.13. The zero-order chi connectivity index (χ0) is 10.4. The number of carbonyl (C=O) groups is 2. The van der Waals surface area contributed by atoms with E-state index >= 15 is 0 Å². The summed E-state index contributed by atoms with van der Waals surface area (Å²) in [5.41, 5.74) is 0. The summed E-state index contributed by atoms with van der Waals surface area (Å²) in [5, 5.41) is 0. The first-order valence-corrected chi connectivity index (χ1v) is 6.25. The molecule has 0 aromatic heterocycles. The Labute approximate surface area is 72.9 Å². The molecule has 0 aliphatic heterocycles. The van der Waals surface area contributed by atoms with Crippen molar-refractivity contribution in [3.05, 3.63) is 0 Å². The summed E-state index contributed by atoms with van der Waals surface area (Å²) in [4.78, 5) is 20.1. The minimum atomic E-state index is -5.52. The molecule has 0 radical (unpaired) electrons. The van der Waals surface area contributed by atoms with Gasteiger partial charge in [0.25, 0.3) is 0 Å². The van der Waals surface area contributed by atoms with Crippen molar-refractivity contribution >= 4 is 11.6 Å². The summed E-state index contributed by atoms with van der Waals surface area (Å²) < 4.78 is 32.0. The molecule has 0 unspecified atom stereocenters. The molecule has 0 atom stereocenters. The predicted molar refractivity (Wildman–Crippen MR) is 31.8 cm³/mol. The predicted octanol–water partition coefficient (Wildman–Crippen LogP) is -0.800. The van der Waals surface area contributed by atoms with Crippen LogP contribution < -0.4 is 0 Å². The molecule has 0 saturated heterocycles. The molecule has 72 valence electrons. The van der Waals surface area contributed by atoms with E-state index in [1.54, 1.807) is 0 Å². The minimum absolute atomic E-state index is 0.0625. The molecule has 12 heavy (non-hydrogen) atoms. The Bertz CT molecular complexity index is 231. The van der Waals surface area contributed by atoms with Crippen LogP contribution in [0.5, 0.6) is 0 Å². The van der Waals surface area contributed by atoms with Gasteiger partial charge in [0.1, 0.15) is 11.6 Å². The Kier molecular flexibility index (Phi) is 7.17. The van der Waals surface area contributed by atoms with Crippen LogP contribution >= 0.6 is 0 Å². The van der Waals surface area contributed by atoms with Crippen LogP contribution in [-0.2, 0) is 33.1 Å². The van der Waals surface area contributed by atoms with Crippen LogP contribution in [0.15, 0.2) is 0 Å². The van der Waals surface area contributed by atoms with E-state index in [0.717, 1.165) is 0 Å². The van der Waals surface area contributed by atoms with E-state index in [0.29, 0.717) is 0 Å². The molecule has 0 aliphatic carbocycles. The van der Waals surface area contributed by atoms with E-state index in [2.05, 4.69) is 0 Å². The molecule has 0 amide bonds. The van der Waals surface area contributed by atoms with Gasteiger partial charge in [0.2, 0.25) is 0 Å². The Hall–Kier alpha value is -0.452. The molecule has 7 heteroatoms. The normalized spacial score (nSPS) is 9.67. The molecule has 0 saturated carbocycles. The Morgan fingerprint density at radius 2 is 1.25 bits per heavy atom. The summed E-state index contributed by atoms with van der Waals surface area (Å²) in [6.45, 7) is 2.81. The monoisotopic (exact) mass is 264 g/mol. The van der Waals surface area contributed by atoms with Gasteiger partial charge >= 0.3 is 31.1 Å². The number of carbonyl (C=O) groups excluding carboxylic acids is 2. The number of rotatable bonds is 2. The third kappa shape index (κ3) is 55.4. The third-order valence-corrected chi connectivity index (χ3v) is 0.498. The fourth-order valence-electron chi connectivity index (χ4n) is 0.351. The molecule has 6 nitrogen and oxygen atoms in total. The van der Waals surface area contributed by atoms with E-state index in [-0.39, 0.29) is 18.0 Å². The fraction of sp³-hybridized carbons (Fsp3) is 0.600. The van der Waals surface area contributed by atoms with Crippen LogP contribution in [0.4, 0.5) is 0 Å². The van der Waals surface area contributed by atoms with Crippen LogP contribution in [0.25, 0.3) is 0 Å². The Morgan fingerprint density at radius 1 is 1.08 bits per heavy atom. The molecule has 0 fully saturated rings. The summed E-state index contributed by atoms with van der Waals surface area (Å²) >= 11 is -5.52. The molecule has 0 heterocycles. The number of Topliss-reactive ketones (excluding diaryl/α,β-unsaturated/α-hetero) is 2. The molecular formula is C5H10MoO6. The molecule has 0 aromatic carbocycles. The molecule has 0 rings (SSSR count). The van der Waals surface area contributed by atoms with E-state index < -0.39 is 16.7 Å². The maximum atomic E-state index is 10.0. The van der Waals surface area contributed by atoms with Gasteiger partial charge in [-0.1, -0.05) is 0 Å². The van der Waals surface area contributed by atoms with Gasteiger partial charge in [-0.2, -0.15) is 0 Å². The number of hydrogen-bond acceptors (Lipinski definition) is 4. The first kappa shape index (κ1) is 14.1. The second kappa shape index (κ2) is 6.11. The van der Waals surface area contributed by atoms with Crippen LogP contribution in [-0.4, -0.2) is 19.1 Å². The summed E-state index contributed by atoms with van der Waals surface area (Å²) in [6, 6.07) is 0. The molecule has 0 spiro atoms. The van der Waals surface area contributed by atoms with E-state index in [1.165, 1.54) is 13.8 Å². The molecule has 0 aliphatic rings. The zero-order valence-corrected chi connectivity index (χ0v) is 8.65. The van der Waals surface area contributed by atoms with Crippen molar-refractivity contribution in [3.63, 3.8) is 0 Å². The maximum absolute atomic E-state index is 10.0. The van der Waals surface area contributed by atoms with Gasteiger partial charge < -0.3 is 0 Å². The third-order valence-electron chi connectivity index (χ3n) is 0.498. The standard InChI is InChI=1S/C5H8O2.Mo.2H2O.2O/c1-4(6)3-5(2)7;;;;;/h3H2,1-2H3;;2*1H2;;/q;+2;;;;/p-2. The van der Waals surface area contributed by atoms with Crippen molar-refractivity contribution in [1.29, 1.82) is 0 Å². The second-order valence-electron chi connectivity index (χ2n) is 2.03. The van der Waals surface area contributed by atoms with Gasteiger partial charge in [0.15, 0.2) is 0 Å². The quantitative estimate of drug-likeness (QED) is 0.498. The van der Waals surface area contributed by atoms with E-state index in [9.17, 15) is 9.59 Å². The van der Waals surface area contributed by atoms with Crippen molar-refractivity contribution in [3.8, 4) is 0 Å². The molecule has 0 aromatic rings. The van der Waals surface area contributed by atoms with Crippen LogP contribution in [0.3, 0.4) is 0 Å². The molecule has 2 N–H and O–H groups in total. The average Bonchev–Trinajstić information content (AvgIpc) is 1.52. The van der Waals surface area contributed by atoms with Gasteiger partial charge in [-0.25, -0.2) is 0 Å². The number of hydrogen-bond donors (Lipinski definition) is 2. The van der Waals surface area contributed by atoms with Crippen LogP contribution in [0.1, 0.15) is 20.3 Å². The number of ketones is 2. The van der Waals surface area contributed by atoms with Crippen molar-refractivity contribution in [2.75, 3.05) is 0 Å². The second-order valence-corrected chi connectivity index (χ2v) is 4.23. The summed E-state index contributed by atoms with van der Waals surface area (Å²) in [7, 11) is 0. The summed E-state index contributed by atoms with van der Waals surface area (Å²) in [5.74, 6) is -0.125. The van der Waals surface area contributed by atoms with Gasteiger partial charge in [-0.3, -0.25) is 9.59 Å².